The van der Waals surface area contributed by atoms with Crippen LogP contribution in [0.25, 0.3) is 0 Å². The highest BCUT2D eigenvalue weighted by Crippen LogP contribution is 2.23. The third kappa shape index (κ3) is 2.70. The molecule has 0 aliphatic heterocycles. The number of halogens is 1. The number of benzene rings is 1. The number of hydrogen-bond acceptors (Lipinski definition) is 5. The van der Waals surface area contributed by atoms with Crippen LogP contribution < -0.4 is 4.74 Å². The van der Waals surface area contributed by atoms with E-state index in [-0.39, 0.29) is 12.4 Å². The van der Waals surface area contributed by atoms with E-state index in [2.05, 4.69) is 5.16 Å². The summed E-state index contributed by atoms with van der Waals surface area (Å²) >= 11 is 0. The summed E-state index contributed by atoms with van der Waals surface area (Å²) in [5.41, 5.74) is 0.892. The van der Waals surface area contributed by atoms with Gasteiger partial charge in [0.05, 0.1) is 16.2 Å². The van der Waals surface area contributed by atoms with Gasteiger partial charge >= 0.3 is 5.69 Å². The standard InChI is InChI=1S/C12H11FN2O4/c1-7-10(8(2)19-14-7)6-18-9-3-4-12(15(16)17)11(13)5-9/h3-5H,6H2,1-2H3. The lowest BCUT2D eigenvalue weighted by molar-refractivity contribution is -0.387. The van der Waals surface area contributed by atoms with Crippen molar-refractivity contribution in [1.29, 1.82) is 0 Å². The maximum absolute atomic E-state index is 13.4. The number of nitro benzene ring substituents is 1. The molecule has 0 atom stereocenters. The van der Waals surface area contributed by atoms with E-state index >= 15 is 0 Å². The monoisotopic (exact) mass is 266 g/mol. The normalized spacial score (nSPS) is 10.5. The van der Waals surface area contributed by atoms with E-state index in [0.717, 1.165) is 17.7 Å². The van der Waals surface area contributed by atoms with Crippen LogP contribution in [0.3, 0.4) is 0 Å². The molecule has 0 unspecified atom stereocenters. The summed E-state index contributed by atoms with van der Waals surface area (Å²) in [6.45, 7) is 3.68. The Kier molecular flexibility index (Phi) is 3.46. The van der Waals surface area contributed by atoms with Crippen molar-refractivity contribution in [3.8, 4) is 5.75 Å². The summed E-state index contributed by atoms with van der Waals surface area (Å²) in [5.74, 6) is -0.0933. The van der Waals surface area contributed by atoms with E-state index in [1.807, 2.05) is 0 Å². The Bertz CT molecular complexity index is 605. The number of nitro groups is 1. The molecule has 7 heteroatoms. The molecule has 100 valence electrons. The summed E-state index contributed by atoms with van der Waals surface area (Å²) in [7, 11) is 0. The molecule has 0 fully saturated rings. The van der Waals surface area contributed by atoms with Crippen molar-refractivity contribution in [2.45, 2.75) is 20.5 Å². The van der Waals surface area contributed by atoms with Gasteiger partial charge in [0.15, 0.2) is 0 Å². The van der Waals surface area contributed by atoms with Crippen LogP contribution >= 0.6 is 0 Å². The molecule has 0 radical (unpaired) electrons. The Morgan fingerprint density at radius 3 is 2.74 bits per heavy atom. The number of nitrogens with zero attached hydrogens (tertiary/aromatic N) is 2. The van der Waals surface area contributed by atoms with Crippen molar-refractivity contribution in [1.82, 2.24) is 5.16 Å². The maximum atomic E-state index is 13.4. The zero-order valence-corrected chi connectivity index (χ0v) is 10.3. The van der Waals surface area contributed by atoms with Gasteiger partial charge in [0.2, 0.25) is 5.82 Å². The predicted molar refractivity (Wildman–Crippen MR) is 63.4 cm³/mol. The minimum atomic E-state index is -0.929. The molecule has 1 aromatic heterocycles. The van der Waals surface area contributed by atoms with Gasteiger partial charge in [0, 0.05) is 12.1 Å². The minimum absolute atomic E-state index is 0.165. The number of hydrogen-bond donors (Lipinski definition) is 0. The van der Waals surface area contributed by atoms with Crippen LogP contribution in [0.5, 0.6) is 5.75 Å². The van der Waals surface area contributed by atoms with Crippen LogP contribution in [0.1, 0.15) is 17.0 Å². The summed E-state index contributed by atoms with van der Waals surface area (Å²) < 4.78 is 23.7. The Balaban J connectivity index is 2.13. The predicted octanol–water partition coefficient (Wildman–Crippen LogP) is 2.92. The molecule has 0 bridgehead atoms. The second kappa shape index (κ2) is 5.05. The lowest BCUT2D eigenvalue weighted by Gasteiger charge is -2.05. The average Bonchev–Trinajstić information content (AvgIpc) is 2.66. The molecule has 1 heterocycles. The zero-order chi connectivity index (χ0) is 14.0. The first-order valence-corrected chi connectivity index (χ1v) is 5.47. The van der Waals surface area contributed by atoms with Gasteiger partial charge in [-0.1, -0.05) is 5.16 Å². The average molecular weight is 266 g/mol. The quantitative estimate of drug-likeness (QED) is 0.628. The molecule has 0 saturated carbocycles. The Hall–Kier alpha value is -2.44. The number of aryl methyl sites for hydroxylation is 2. The van der Waals surface area contributed by atoms with Gasteiger partial charge in [-0.3, -0.25) is 10.1 Å². The fraction of sp³-hybridized carbons (Fsp3) is 0.250. The fourth-order valence-corrected chi connectivity index (χ4v) is 1.59. The highest BCUT2D eigenvalue weighted by molar-refractivity contribution is 5.38. The van der Waals surface area contributed by atoms with Gasteiger partial charge < -0.3 is 9.26 Å². The molecule has 1 aromatic carbocycles. The van der Waals surface area contributed by atoms with E-state index in [9.17, 15) is 14.5 Å². The van der Waals surface area contributed by atoms with Crippen molar-refractivity contribution >= 4 is 5.69 Å². The molecule has 6 nitrogen and oxygen atoms in total. The molecule has 19 heavy (non-hydrogen) atoms. The minimum Gasteiger partial charge on any atom is -0.489 e. The number of aromatic nitrogens is 1. The van der Waals surface area contributed by atoms with Crippen LogP contribution in [-0.4, -0.2) is 10.1 Å². The summed E-state index contributed by atoms with van der Waals surface area (Å²) in [6.07, 6.45) is 0. The van der Waals surface area contributed by atoms with E-state index in [0.29, 0.717) is 11.5 Å². The molecular weight excluding hydrogens is 255 g/mol. The van der Waals surface area contributed by atoms with E-state index in [1.54, 1.807) is 13.8 Å². The molecule has 0 saturated heterocycles. The molecule has 0 aliphatic carbocycles. The SMILES string of the molecule is Cc1noc(C)c1COc1ccc([N+](=O)[O-])c(F)c1. The van der Waals surface area contributed by atoms with Gasteiger partial charge in [-0.2, -0.15) is 4.39 Å². The lowest BCUT2D eigenvalue weighted by atomic mass is 10.2. The van der Waals surface area contributed by atoms with Gasteiger partial charge in [-0.05, 0) is 19.9 Å². The summed E-state index contributed by atoms with van der Waals surface area (Å²) in [5, 5.41) is 14.2. The van der Waals surface area contributed by atoms with Gasteiger partial charge in [0.25, 0.3) is 0 Å². The topological polar surface area (TPSA) is 78.4 Å². The fourth-order valence-electron chi connectivity index (χ4n) is 1.59. The molecule has 0 spiro atoms. The zero-order valence-electron chi connectivity index (χ0n) is 10.3. The van der Waals surface area contributed by atoms with Gasteiger partial charge in [-0.15, -0.1) is 0 Å². The van der Waals surface area contributed by atoms with Crippen molar-refractivity contribution in [3.63, 3.8) is 0 Å². The van der Waals surface area contributed by atoms with E-state index in [1.165, 1.54) is 6.07 Å². The van der Waals surface area contributed by atoms with Crippen LogP contribution in [-0.2, 0) is 6.61 Å². The molecule has 0 N–H and O–H groups in total. The third-order valence-corrected chi connectivity index (χ3v) is 2.68. The van der Waals surface area contributed by atoms with Crippen molar-refractivity contribution in [3.05, 3.63) is 51.1 Å². The highest BCUT2D eigenvalue weighted by atomic mass is 19.1. The lowest BCUT2D eigenvalue weighted by Crippen LogP contribution is -1.99. The van der Waals surface area contributed by atoms with Crippen LogP contribution in [0.4, 0.5) is 10.1 Å². The first kappa shape index (κ1) is 13.0. The van der Waals surface area contributed by atoms with Crippen molar-refractivity contribution in [2.24, 2.45) is 0 Å². The smallest absolute Gasteiger partial charge is 0.305 e. The second-order valence-corrected chi connectivity index (χ2v) is 3.96. The van der Waals surface area contributed by atoms with Crippen LogP contribution in [0.15, 0.2) is 22.7 Å². The summed E-state index contributed by atoms with van der Waals surface area (Å²) in [6, 6.07) is 3.40. The molecule has 0 amide bonds. The number of rotatable bonds is 4. The first-order valence-electron chi connectivity index (χ1n) is 5.47. The first-order chi connectivity index (χ1) is 8.99. The van der Waals surface area contributed by atoms with Gasteiger partial charge in [0.1, 0.15) is 18.1 Å². The summed E-state index contributed by atoms with van der Waals surface area (Å²) in [4.78, 5) is 9.69. The Labute approximate surface area is 107 Å². The maximum Gasteiger partial charge on any atom is 0.305 e. The van der Waals surface area contributed by atoms with Gasteiger partial charge in [-0.25, -0.2) is 0 Å². The van der Waals surface area contributed by atoms with Crippen LogP contribution in [0.2, 0.25) is 0 Å². The molecule has 0 aliphatic rings. The van der Waals surface area contributed by atoms with Crippen LogP contribution in [0, 0.1) is 29.8 Å². The van der Waals surface area contributed by atoms with Crippen molar-refractivity contribution < 1.29 is 18.6 Å². The molecule has 2 rings (SSSR count). The Morgan fingerprint density at radius 2 is 2.21 bits per heavy atom. The molecular formula is C12H11FN2O4. The molecule has 2 aromatic rings. The van der Waals surface area contributed by atoms with Crippen molar-refractivity contribution in [2.75, 3.05) is 0 Å². The largest absolute Gasteiger partial charge is 0.489 e. The van der Waals surface area contributed by atoms with E-state index in [4.69, 9.17) is 9.26 Å². The third-order valence-electron chi connectivity index (χ3n) is 2.68. The van der Waals surface area contributed by atoms with E-state index < -0.39 is 16.4 Å². The Morgan fingerprint density at radius 1 is 1.47 bits per heavy atom. The highest BCUT2D eigenvalue weighted by Gasteiger charge is 2.15. The number of ether oxygens (including phenoxy) is 1. The second-order valence-electron chi connectivity index (χ2n) is 3.96.